The summed E-state index contributed by atoms with van der Waals surface area (Å²) in [6.45, 7) is 6.30. The van der Waals surface area contributed by atoms with Crippen molar-refractivity contribution in [3.63, 3.8) is 0 Å². The van der Waals surface area contributed by atoms with E-state index in [1.54, 1.807) is 0 Å². The monoisotopic (exact) mass is 344 g/mol. The number of phenols is 1. The highest BCUT2D eigenvalue weighted by molar-refractivity contribution is 5.87. The molecule has 2 N–H and O–H groups in total. The Hall–Kier alpha value is -1.97. The van der Waals surface area contributed by atoms with Gasteiger partial charge < -0.3 is 14.9 Å². The van der Waals surface area contributed by atoms with Crippen LogP contribution in [0.2, 0.25) is 0 Å². The molecule has 2 aliphatic rings. The Morgan fingerprint density at radius 3 is 2.76 bits per heavy atom. The van der Waals surface area contributed by atoms with E-state index in [-0.39, 0.29) is 23.2 Å². The minimum absolute atomic E-state index is 0.108. The molecule has 0 radical (unpaired) electrons. The van der Waals surface area contributed by atoms with Crippen LogP contribution in [0.15, 0.2) is 23.8 Å². The van der Waals surface area contributed by atoms with Gasteiger partial charge in [0, 0.05) is 23.0 Å². The van der Waals surface area contributed by atoms with E-state index in [1.807, 2.05) is 18.2 Å². The van der Waals surface area contributed by atoms with Crippen LogP contribution in [0.3, 0.4) is 0 Å². The zero-order valence-corrected chi connectivity index (χ0v) is 15.3. The van der Waals surface area contributed by atoms with Gasteiger partial charge in [-0.1, -0.05) is 25.8 Å². The van der Waals surface area contributed by atoms with E-state index in [0.717, 1.165) is 36.8 Å². The molecule has 136 valence electrons. The van der Waals surface area contributed by atoms with Crippen LogP contribution in [-0.2, 0) is 11.2 Å². The first-order chi connectivity index (χ1) is 11.8. The highest BCUT2D eigenvalue weighted by atomic mass is 16.5. The van der Waals surface area contributed by atoms with Gasteiger partial charge in [-0.3, -0.25) is 0 Å². The minimum Gasteiger partial charge on any atom is -0.507 e. The average molecular weight is 344 g/mol. The molecule has 25 heavy (non-hydrogen) atoms. The second-order valence-corrected chi connectivity index (χ2v) is 7.86. The van der Waals surface area contributed by atoms with E-state index < -0.39 is 5.97 Å². The number of aromatic hydroxyl groups is 1. The fourth-order valence-corrected chi connectivity index (χ4v) is 4.32. The van der Waals surface area contributed by atoms with Crippen molar-refractivity contribution < 1.29 is 19.7 Å². The number of fused-ring (bicyclic) bond motifs is 3. The van der Waals surface area contributed by atoms with Gasteiger partial charge in [-0.15, -0.1) is 0 Å². The number of carbonyl (C=O) groups is 1. The van der Waals surface area contributed by atoms with Crippen LogP contribution in [-0.4, -0.2) is 21.8 Å². The normalized spacial score (nSPS) is 23.9. The van der Waals surface area contributed by atoms with Crippen molar-refractivity contribution in [2.45, 2.75) is 70.8 Å². The predicted molar refractivity (Wildman–Crippen MR) is 97.2 cm³/mol. The summed E-state index contributed by atoms with van der Waals surface area (Å²) >= 11 is 0. The van der Waals surface area contributed by atoms with Gasteiger partial charge in [0.1, 0.15) is 17.1 Å². The number of aryl methyl sites for hydroxylation is 1. The van der Waals surface area contributed by atoms with E-state index in [2.05, 4.69) is 20.8 Å². The number of hydrogen-bond donors (Lipinski definition) is 2. The number of carboxylic acid groups (broad SMARTS) is 1. The van der Waals surface area contributed by atoms with Gasteiger partial charge >= 0.3 is 5.97 Å². The third-order valence-electron chi connectivity index (χ3n) is 5.66. The molecular weight excluding hydrogens is 316 g/mol. The number of unbranched alkanes of at least 4 members (excludes halogenated alkanes) is 2. The highest BCUT2D eigenvalue weighted by Gasteiger charge is 2.46. The third kappa shape index (κ3) is 3.39. The van der Waals surface area contributed by atoms with E-state index in [4.69, 9.17) is 4.74 Å². The van der Waals surface area contributed by atoms with Gasteiger partial charge in [0.05, 0.1) is 0 Å². The fourth-order valence-electron chi connectivity index (χ4n) is 4.32. The van der Waals surface area contributed by atoms with E-state index in [1.165, 1.54) is 6.42 Å². The number of ether oxygens (including phenoxy) is 1. The smallest absolute Gasteiger partial charge is 0.331 e. The molecule has 3 rings (SSSR count). The lowest BCUT2D eigenvalue weighted by Gasteiger charge is -2.46. The second kappa shape index (κ2) is 6.74. The molecule has 4 heteroatoms. The Balaban J connectivity index is 2.02. The lowest BCUT2D eigenvalue weighted by Crippen LogP contribution is -2.45. The molecule has 4 nitrogen and oxygen atoms in total. The van der Waals surface area contributed by atoms with Crippen LogP contribution in [0.1, 0.15) is 69.9 Å². The van der Waals surface area contributed by atoms with Crippen LogP contribution >= 0.6 is 0 Å². The maximum absolute atomic E-state index is 11.4. The van der Waals surface area contributed by atoms with Crippen LogP contribution in [0.4, 0.5) is 0 Å². The standard InChI is InChI=1S/C21H28O4/c1-4-5-6-7-13-10-17(22)19-15-12-14(20(23)24)8-9-16(15)21(2,3)25-18(19)11-13/h10-12,15-16,22H,4-9H2,1-3H3,(H,23,24)/t15-,16+/m1/s1. The van der Waals surface area contributed by atoms with E-state index in [9.17, 15) is 15.0 Å². The van der Waals surface area contributed by atoms with Gasteiger partial charge in [-0.05, 0) is 57.2 Å². The summed E-state index contributed by atoms with van der Waals surface area (Å²) in [5, 5.41) is 20.0. The summed E-state index contributed by atoms with van der Waals surface area (Å²) in [6.07, 6.45) is 7.47. The Morgan fingerprint density at radius 1 is 1.32 bits per heavy atom. The Kier molecular flexibility index (Phi) is 4.81. The van der Waals surface area contributed by atoms with Crippen molar-refractivity contribution in [1.29, 1.82) is 0 Å². The van der Waals surface area contributed by atoms with Crippen molar-refractivity contribution in [3.05, 3.63) is 34.9 Å². The van der Waals surface area contributed by atoms with Crippen molar-refractivity contribution in [2.24, 2.45) is 5.92 Å². The van der Waals surface area contributed by atoms with Gasteiger partial charge in [0.2, 0.25) is 0 Å². The molecule has 2 atom stereocenters. The molecule has 1 heterocycles. The molecule has 1 aromatic rings. The van der Waals surface area contributed by atoms with Crippen LogP contribution in [0, 0.1) is 5.92 Å². The van der Waals surface area contributed by atoms with E-state index >= 15 is 0 Å². The summed E-state index contributed by atoms with van der Waals surface area (Å²) in [7, 11) is 0. The Bertz CT molecular complexity index is 702. The Morgan fingerprint density at radius 2 is 2.08 bits per heavy atom. The first-order valence-corrected chi connectivity index (χ1v) is 9.32. The van der Waals surface area contributed by atoms with Crippen LogP contribution in [0.25, 0.3) is 0 Å². The zero-order valence-electron chi connectivity index (χ0n) is 15.3. The summed E-state index contributed by atoms with van der Waals surface area (Å²) in [5.74, 6) is 0.140. The summed E-state index contributed by atoms with van der Waals surface area (Å²) in [5.41, 5.74) is 1.89. The molecule has 0 bridgehead atoms. The number of benzene rings is 1. The summed E-state index contributed by atoms with van der Waals surface area (Å²) in [4.78, 5) is 11.4. The molecule has 0 saturated heterocycles. The summed E-state index contributed by atoms with van der Waals surface area (Å²) in [6, 6.07) is 3.86. The number of carboxylic acids is 1. The quantitative estimate of drug-likeness (QED) is 0.753. The predicted octanol–water partition coefficient (Wildman–Crippen LogP) is 4.80. The van der Waals surface area contributed by atoms with Crippen LogP contribution < -0.4 is 4.74 Å². The molecule has 0 saturated carbocycles. The molecular formula is C21H28O4. The number of allylic oxidation sites excluding steroid dienone is 1. The van der Waals surface area contributed by atoms with Crippen molar-refractivity contribution in [2.75, 3.05) is 0 Å². The van der Waals surface area contributed by atoms with Crippen molar-refractivity contribution >= 4 is 5.97 Å². The first-order valence-electron chi connectivity index (χ1n) is 9.32. The van der Waals surface area contributed by atoms with Gasteiger partial charge in [0.15, 0.2) is 0 Å². The molecule has 0 spiro atoms. The Labute approximate surface area is 149 Å². The maximum Gasteiger partial charge on any atom is 0.331 e. The lowest BCUT2D eigenvalue weighted by molar-refractivity contribution is -0.133. The average Bonchev–Trinajstić information content (AvgIpc) is 2.53. The number of aliphatic carboxylic acids is 1. The van der Waals surface area contributed by atoms with E-state index in [0.29, 0.717) is 17.7 Å². The number of hydrogen-bond acceptors (Lipinski definition) is 3. The number of rotatable bonds is 5. The van der Waals surface area contributed by atoms with Gasteiger partial charge in [0.25, 0.3) is 0 Å². The largest absolute Gasteiger partial charge is 0.507 e. The molecule has 1 aromatic carbocycles. The second-order valence-electron chi connectivity index (χ2n) is 7.86. The molecule has 1 aliphatic heterocycles. The molecule has 0 fully saturated rings. The fraction of sp³-hybridized carbons (Fsp3) is 0.571. The third-order valence-corrected chi connectivity index (χ3v) is 5.66. The SMILES string of the molecule is CCCCCc1cc(O)c2c(c1)OC(C)(C)[C@H]1CCC(C(=O)O)=C[C@@H]21. The minimum atomic E-state index is -0.861. The number of phenolic OH excluding ortho intramolecular Hbond substituents is 1. The van der Waals surface area contributed by atoms with Crippen LogP contribution in [0.5, 0.6) is 11.5 Å². The van der Waals surface area contributed by atoms with Gasteiger partial charge in [-0.2, -0.15) is 0 Å². The zero-order chi connectivity index (χ0) is 18.2. The summed E-state index contributed by atoms with van der Waals surface area (Å²) < 4.78 is 6.28. The molecule has 0 aromatic heterocycles. The van der Waals surface area contributed by atoms with Crippen molar-refractivity contribution in [1.82, 2.24) is 0 Å². The molecule has 0 amide bonds. The van der Waals surface area contributed by atoms with Crippen molar-refractivity contribution in [3.8, 4) is 11.5 Å². The topological polar surface area (TPSA) is 66.8 Å². The van der Waals surface area contributed by atoms with Gasteiger partial charge in [-0.25, -0.2) is 4.79 Å². The maximum atomic E-state index is 11.4. The lowest BCUT2D eigenvalue weighted by atomic mass is 9.67. The molecule has 1 aliphatic carbocycles. The highest BCUT2D eigenvalue weighted by Crippen LogP contribution is 2.53. The first kappa shape index (κ1) is 17.8. The molecule has 0 unspecified atom stereocenters.